The number of carbonyl (C=O) groups is 1. The zero-order valence-corrected chi connectivity index (χ0v) is 14.6. The van der Waals surface area contributed by atoms with E-state index in [2.05, 4.69) is 32.6 Å². The lowest BCUT2D eigenvalue weighted by Gasteiger charge is -2.32. The topological polar surface area (TPSA) is 96.2 Å². The van der Waals surface area contributed by atoms with Gasteiger partial charge in [0.2, 0.25) is 0 Å². The molecule has 25 heavy (non-hydrogen) atoms. The standard InChI is InChI=1S/C18H24N6O/c1-12-7-9-24(10-8-12)17-15(19)16(20-11-21-17)22-23-18(25)14-6-4-3-5-13(14)2/h3-6,11-12H,7-10,19H2,1-2H3,(H,23,25)(H,20,21,22). The van der Waals surface area contributed by atoms with Gasteiger partial charge in [0.25, 0.3) is 5.91 Å². The van der Waals surface area contributed by atoms with Crippen LogP contribution in [0.25, 0.3) is 0 Å². The summed E-state index contributed by atoms with van der Waals surface area (Å²) in [7, 11) is 0. The normalized spacial score (nSPS) is 15.0. The van der Waals surface area contributed by atoms with Gasteiger partial charge in [-0.1, -0.05) is 25.1 Å². The summed E-state index contributed by atoms with van der Waals surface area (Å²) in [5.41, 5.74) is 13.7. The summed E-state index contributed by atoms with van der Waals surface area (Å²) in [6.45, 7) is 6.01. The molecule has 0 bridgehead atoms. The van der Waals surface area contributed by atoms with Crippen LogP contribution in [0.5, 0.6) is 0 Å². The van der Waals surface area contributed by atoms with Crippen molar-refractivity contribution in [3.63, 3.8) is 0 Å². The monoisotopic (exact) mass is 340 g/mol. The summed E-state index contributed by atoms with van der Waals surface area (Å²) in [6.07, 6.45) is 3.71. The van der Waals surface area contributed by atoms with Crippen LogP contribution in [0.2, 0.25) is 0 Å². The average Bonchev–Trinajstić information content (AvgIpc) is 2.62. The second-order valence-electron chi connectivity index (χ2n) is 6.52. The summed E-state index contributed by atoms with van der Waals surface area (Å²) in [5.74, 6) is 1.62. The summed E-state index contributed by atoms with van der Waals surface area (Å²) in [5, 5.41) is 0. The number of nitrogens with one attached hydrogen (secondary N) is 2. The van der Waals surface area contributed by atoms with Gasteiger partial charge in [-0.2, -0.15) is 0 Å². The highest BCUT2D eigenvalue weighted by Crippen LogP contribution is 2.29. The Hall–Kier alpha value is -2.83. The quantitative estimate of drug-likeness (QED) is 0.740. The second kappa shape index (κ2) is 7.38. The van der Waals surface area contributed by atoms with Crippen molar-refractivity contribution in [2.75, 3.05) is 29.1 Å². The van der Waals surface area contributed by atoms with E-state index in [-0.39, 0.29) is 5.91 Å². The number of hydrogen-bond donors (Lipinski definition) is 3. The summed E-state index contributed by atoms with van der Waals surface area (Å²) in [4.78, 5) is 22.9. The van der Waals surface area contributed by atoms with Crippen molar-refractivity contribution in [1.82, 2.24) is 15.4 Å². The number of nitrogens with two attached hydrogens (primary N) is 1. The van der Waals surface area contributed by atoms with Crippen molar-refractivity contribution in [3.05, 3.63) is 41.7 Å². The largest absolute Gasteiger partial charge is 0.393 e. The predicted octanol–water partition coefficient (Wildman–Crippen LogP) is 2.36. The number of anilines is 3. The number of nitrogens with zero attached hydrogens (tertiary/aromatic N) is 3. The number of amides is 1. The first-order valence-electron chi connectivity index (χ1n) is 8.53. The second-order valence-corrected chi connectivity index (χ2v) is 6.52. The smallest absolute Gasteiger partial charge is 0.269 e. The van der Waals surface area contributed by atoms with Gasteiger partial charge in [0.05, 0.1) is 0 Å². The number of hydrazine groups is 1. The Morgan fingerprint density at radius 3 is 2.68 bits per heavy atom. The molecule has 2 heterocycles. The highest BCUT2D eigenvalue weighted by atomic mass is 16.2. The van der Waals surface area contributed by atoms with Crippen molar-refractivity contribution >= 4 is 23.2 Å². The zero-order chi connectivity index (χ0) is 17.8. The number of hydrogen-bond acceptors (Lipinski definition) is 6. The van der Waals surface area contributed by atoms with Crippen LogP contribution in [-0.2, 0) is 0 Å². The van der Waals surface area contributed by atoms with E-state index < -0.39 is 0 Å². The summed E-state index contributed by atoms with van der Waals surface area (Å²) < 4.78 is 0. The van der Waals surface area contributed by atoms with Crippen LogP contribution in [0.4, 0.5) is 17.3 Å². The van der Waals surface area contributed by atoms with Crippen LogP contribution in [0, 0.1) is 12.8 Å². The van der Waals surface area contributed by atoms with E-state index in [0.717, 1.165) is 43.2 Å². The number of rotatable bonds is 4. The van der Waals surface area contributed by atoms with E-state index in [1.54, 1.807) is 6.07 Å². The first kappa shape index (κ1) is 17.0. The molecule has 0 aliphatic carbocycles. The molecule has 1 aliphatic heterocycles. The highest BCUT2D eigenvalue weighted by molar-refractivity contribution is 5.96. The molecule has 0 radical (unpaired) electrons. The van der Waals surface area contributed by atoms with Crippen LogP contribution in [0.1, 0.15) is 35.7 Å². The number of benzene rings is 1. The molecule has 1 aliphatic rings. The van der Waals surface area contributed by atoms with E-state index in [1.807, 2.05) is 25.1 Å². The minimum absolute atomic E-state index is 0.232. The molecule has 1 aromatic carbocycles. The molecule has 0 unspecified atom stereocenters. The summed E-state index contributed by atoms with van der Waals surface area (Å²) >= 11 is 0. The lowest BCUT2D eigenvalue weighted by molar-refractivity contribution is 0.0962. The molecule has 1 amide bonds. The van der Waals surface area contributed by atoms with Crippen LogP contribution >= 0.6 is 0 Å². The van der Waals surface area contributed by atoms with Crippen molar-refractivity contribution < 1.29 is 4.79 Å². The minimum atomic E-state index is -0.232. The molecule has 4 N–H and O–H groups in total. The number of aromatic nitrogens is 2. The fourth-order valence-corrected chi connectivity index (χ4v) is 2.97. The molecule has 7 heteroatoms. The molecule has 132 valence electrons. The number of aryl methyl sites for hydroxylation is 1. The van der Waals surface area contributed by atoms with Gasteiger partial charge >= 0.3 is 0 Å². The Morgan fingerprint density at radius 1 is 1.24 bits per heavy atom. The Balaban J connectivity index is 1.70. The van der Waals surface area contributed by atoms with Crippen molar-refractivity contribution in [3.8, 4) is 0 Å². The van der Waals surface area contributed by atoms with Crippen LogP contribution in [0.3, 0.4) is 0 Å². The molecule has 0 spiro atoms. The van der Waals surface area contributed by atoms with Gasteiger partial charge in [0, 0.05) is 18.7 Å². The molecule has 1 saturated heterocycles. The lowest BCUT2D eigenvalue weighted by Crippen LogP contribution is -2.35. The van der Waals surface area contributed by atoms with E-state index in [9.17, 15) is 4.79 Å². The van der Waals surface area contributed by atoms with Gasteiger partial charge in [-0.05, 0) is 37.3 Å². The third kappa shape index (κ3) is 3.81. The number of piperidine rings is 1. The molecule has 0 atom stereocenters. The van der Waals surface area contributed by atoms with Crippen LogP contribution in [-0.4, -0.2) is 29.0 Å². The maximum absolute atomic E-state index is 12.3. The van der Waals surface area contributed by atoms with E-state index in [1.165, 1.54) is 6.33 Å². The average molecular weight is 340 g/mol. The van der Waals surface area contributed by atoms with Gasteiger partial charge in [-0.25, -0.2) is 9.97 Å². The van der Waals surface area contributed by atoms with Crippen molar-refractivity contribution in [2.45, 2.75) is 26.7 Å². The Kier molecular flexibility index (Phi) is 5.02. The molecule has 2 aromatic rings. The molecule has 3 rings (SSSR count). The highest BCUT2D eigenvalue weighted by Gasteiger charge is 2.20. The van der Waals surface area contributed by atoms with Gasteiger partial charge in [-0.3, -0.25) is 15.6 Å². The fraction of sp³-hybridized carbons (Fsp3) is 0.389. The molecule has 1 fully saturated rings. The number of carbonyl (C=O) groups excluding carboxylic acids is 1. The Labute approximate surface area is 147 Å². The van der Waals surface area contributed by atoms with Crippen LogP contribution in [0.15, 0.2) is 30.6 Å². The third-order valence-corrected chi connectivity index (χ3v) is 4.63. The van der Waals surface area contributed by atoms with E-state index in [4.69, 9.17) is 5.73 Å². The Bertz CT molecular complexity index is 755. The summed E-state index contributed by atoms with van der Waals surface area (Å²) in [6, 6.07) is 7.39. The molecule has 0 saturated carbocycles. The maximum Gasteiger partial charge on any atom is 0.269 e. The first-order valence-corrected chi connectivity index (χ1v) is 8.53. The minimum Gasteiger partial charge on any atom is -0.393 e. The van der Waals surface area contributed by atoms with Gasteiger partial charge in [-0.15, -0.1) is 0 Å². The first-order chi connectivity index (χ1) is 12.1. The SMILES string of the molecule is Cc1ccccc1C(=O)NNc1ncnc(N2CCC(C)CC2)c1N. The molecular weight excluding hydrogens is 316 g/mol. The molecule has 1 aromatic heterocycles. The maximum atomic E-state index is 12.3. The Morgan fingerprint density at radius 2 is 1.96 bits per heavy atom. The van der Waals surface area contributed by atoms with Gasteiger partial charge in [0.15, 0.2) is 11.6 Å². The predicted molar refractivity (Wildman–Crippen MR) is 99.3 cm³/mol. The molecular formula is C18H24N6O. The van der Waals surface area contributed by atoms with Gasteiger partial charge < -0.3 is 10.6 Å². The van der Waals surface area contributed by atoms with Crippen molar-refractivity contribution in [2.24, 2.45) is 5.92 Å². The van der Waals surface area contributed by atoms with Crippen LogP contribution < -0.4 is 21.5 Å². The zero-order valence-electron chi connectivity index (χ0n) is 14.6. The van der Waals surface area contributed by atoms with Gasteiger partial charge in [0.1, 0.15) is 12.0 Å². The third-order valence-electron chi connectivity index (χ3n) is 4.63. The fourth-order valence-electron chi connectivity index (χ4n) is 2.97. The number of nitrogen functional groups attached to an aromatic ring is 1. The van der Waals surface area contributed by atoms with Crippen molar-refractivity contribution in [1.29, 1.82) is 0 Å². The van der Waals surface area contributed by atoms with E-state index >= 15 is 0 Å². The molecule has 7 nitrogen and oxygen atoms in total. The van der Waals surface area contributed by atoms with E-state index in [0.29, 0.717) is 17.1 Å². The lowest BCUT2D eigenvalue weighted by atomic mass is 9.99.